The van der Waals surface area contributed by atoms with Gasteiger partial charge in [-0.05, 0) is 32.7 Å². The molecule has 2 fully saturated rings. The van der Waals surface area contributed by atoms with Gasteiger partial charge in [-0.25, -0.2) is 0 Å². The molecule has 0 spiro atoms. The summed E-state index contributed by atoms with van der Waals surface area (Å²) in [5.41, 5.74) is 0. The van der Waals surface area contributed by atoms with Crippen molar-refractivity contribution >= 4 is 11.8 Å². The lowest BCUT2D eigenvalue weighted by Crippen LogP contribution is -2.31. The third kappa shape index (κ3) is 2.04. The minimum atomic E-state index is -0.104. The Kier molecular flexibility index (Phi) is 2.78. The Morgan fingerprint density at radius 3 is 2.60 bits per heavy atom. The number of rotatable bonds is 2. The quantitative estimate of drug-likeness (QED) is 0.670. The molecule has 2 amide bonds. The SMILES string of the molecule is CC(C)N1CCC(C2CC(=O)NC2=O)C1. The fourth-order valence-electron chi connectivity index (χ4n) is 2.57. The molecule has 2 unspecified atom stereocenters. The molecular weight excluding hydrogens is 192 g/mol. The number of likely N-dealkylation sites (tertiary alicyclic amines) is 1. The van der Waals surface area contributed by atoms with E-state index in [9.17, 15) is 9.59 Å². The first-order valence-electron chi connectivity index (χ1n) is 5.65. The normalized spacial score (nSPS) is 32.7. The average molecular weight is 210 g/mol. The second-order valence-electron chi connectivity index (χ2n) is 4.86. The van der Waals surface area contributed by atoms with E-state index in [2.05, 4.69) is 24.1 Å². The molecule has 0 aromatic rings. The van der Waals surface area contributed by atoms with Gasteiger partial charge in [-0.1, -0.05) is 0 Å². The van der Waals surface area contributed by atoms with Crippen molar-refractivity contribution in [3.63, 3.8) is 0 Å². The van der Waals surface area contributed by atoms with Gasteiger partial charge in [0.1, 0.15) is 0 Å². The van der Waals surface area contributed by atoms with Crippen LogP contribution in [0, 0.1) is 11.8 Å². The Morgan fingerprint density at radius 1 is 1.40 bits per heavy atom. The van der Waals surface area contributed by atoms with Crippen LogP contribution >= 0.6 is 0 Å². The lowest BCUT2D eigenvalue weighted by molar-refractivity contribution is -0.126. The smallest absolute Gasteiger partial charge is 0.230 e. The highest BCUT2D eigenvalue weighted by Gasteiger charge is 2.40. The maximum Gasteiger partial charge on any atom is 0.230 e. The Morgan fingerprint density at radius 2 is 2.13 bits per heavy atom. The summed E-state index contributed by atoms with van der Waals surface area (Å²) in [4.78, 5) is 25.0. The number of carbonyl (C=O) groups is 2. The van der Waals surface area contributed by atoms with Gasteiger partial charge in [-0.15, -0.1) is 0 Å². The fourth-order valence-corrected chi connectivity index (χ4v) is 2.57. The van der Waals surface area contributed by atoms with Crippen LogP contribution in [0.1, 0.15) is 26.7 Å². The third-order valence-corrected chi connectivity index (χ3v) is 3.56. The number of nitrogens with one attached hydrogen (secondary N) is 1. The molecule has 2 aliphatic heterocycles. The topological polar surface area (TPSA) is 49.4 Å². The standard InChI is InChI=1S/C11H18N2O2/c1-7(2)13-4-3-8(6-13)9-5-10(14)12-11(9)15/h7-9H,3-6H2,1-2H3,(H,12,14,15). The summed E-state index contributed by atoms with van der Waals surface area (Å²) >= 11 is 0. The molecule has 2 saturated heterocycles. The lowest BCUT2D eigenvalue weighted by atomic mass is 9.90. The number of hydrogen-bond acceptors (Lipinski definition) is 3. The number of nitrogens with zero attached hydrogens (tertiary/aromatic N) is 1. The van der Waals surface area contributed by atoms with Gasteiger partial charge in [0.15, 0.2) is 0 Å². The summed E-state index contributed by atoms with van der Waals surface area (Å²) in [6, 6.07) is 0.537. The van der Waals surface area contributed by atoms with Crippen LogP contribution in [-0.4, -0.2) is 35.8 Å². The Labute approximate surface area is 90.0 Å². The first kappa shape index (κ1) is 10.6. The zero-order valence-electron chi connectivity index (χ0n) is 9.32. The number of amides is 2. The van der Waals surface area contributed by atoms with Gasteiger partial charge in [0.2, 0.25) is 11.8 Å². The van der Waals surface area contributed by atoms with Crippen LogP contribution in [0.15, 0.2) is 0 Å². The molecule has 84 valence electrons. The third-order valence-electron chi connectivity index (χ3n) is 3.56. The Hall–Kier alpha value is -0.900. The van der Waals surface area contributed by atoms with E-state index < -0.39 is 0 Å². The maximum absolute atomic E-state index is 11.5. The highest BCUT2D eigenvalue weighted by molar-refractivity contribution is 6.03. The molecule has 2 heterocycles. The number of imide groups is 1. The van der Waals surface area contributed by atoms with Gasteiger partial charge >= 0.3 is 0 Å². The second kappa shape index (κ2) is 3.93. The summed E-state index contributed by atoms with van der Waals surface area (Å²) in [5, 5.41) is 2.39. The molecule has 0 aromatic heterocycles. The molecule has 0 aromatic carbocycles. The van der Waals surface area contributed by atoms with Crippen molar-refractivity contribution in [2.24, 2.45) is 11.8 Å². The minimum Gasteiger partial charge on any atom is -0.301 e. The van der Waals surface area contributed by atoms with E-state index in [1.54, 1.807) is 0 Å². The second-order valence-corrected chi connectivity index (χ2v) is 4.86. The van der Waals surface area contributed by atoms with Crippen LogP contribution in [0.25, 0.3) is 0 Å². The van der Waals surface area contributed by atoms with Gasteiger partial charge < -0.3 is 4.90 Å². The van der Waals surface area contributed by atoms with Crippen molar-refractivity contribution in [3.8, 4) is 0 Å². The first-order valence-corrected chi connectivity index (χ1v) is 5.65. The summed E-state index contributed by atoms with van der Waals surface area (Å²) < 4.78 is 0. The van der Waals surface area contributed by atoms with E-state index in [0.717, 1.165) is 19.5 Å². The van der Waals surface area contributed by atoms with E-state index in [4.69, 9.17) is 0 Å². The molecule has 4 nitrogen and oxygen atoms in total. The highest BCUT2D eigenvalue weighted by Crippen LogP contribution is 2.30. The van der Waals surface area contributed by atoms with Gasteiger partial charge in [0, 0.05) is 19.0 Å². The van der Waals surface area contributed by atoms with Crippen LogP contribution in [0.4, 0.5) is 0 Å². The fraction of sp³-hybridized carbons (Fsp3) is 0.818. The van der Waals surface area contributed by atoms with Gasteiger partial charge in [-0.2, -0.15) is 0 Å². The molecule has 15 heavy (non-hydrogen) atoms. The van der Waals surface area contributed by atoms with Crippen molar-refractivity contribution in [1.29, 1.82) is 0 Å². The van der Waals surface area contributed by atoms with Crippen molar-refractivity contribution in [1.82, 2.24) is 10.2 Å². The van der Waals surface area contributed by atoms with E-state index in [0.29, 0.717) is 18.4 Å². The predicted molar refractivity (Wildman–Crippen MR) is 56.1 cm³/mol. The van der Waals surface area contributed by atoms with Crippen LogP contribution in [-0.2, 0) is 9.59 Å². The van der Waals surface area contributed by atoms with E-state index in [1.165, 1.54) is 0 Å². The van der Waals surface area contributed by atoms with Gasteiger partial charge in [0.05, 0.1) is 5.92 Å². The maximum atomic E-state index is 11.5. The highest BCUT2D eigenvalue weighted by atomic mass is 16.2. The van der Waals surface area contributed by atoms with E-state index in [-0.39, 0.29) is 17.7 Å². The molecule has 1 N–H and O–H groups in total. The summed E-state index contributed by atoms with van der Waals surface area (Å²) in [5.74, 6) is 0.142. The molecule has 0 radical (unpaired) electrons. The van der Waals surface area contributed by atoms with Crippen LogP contribution < -0.4 is 5.32 Å². The monoisotopic (exact) mass is 210 g/mol. The van der Waals surface area contributed by atoms with Gasteiger partial charge in [-0.3, -0.25) is 14.9 Å². The molecule has 0 bridgehead atoms. The molecule has 0 saturated carbocycles. The molecule has 0 aliphatic carbocycles. The summed E-state index contributed by atoms with van der Waals surface area (Å²) in [7, 11) is 0. The molecule has 2 aliphatic rings. The summed E-state index contributed by atoms with van der Waals surface area (Å²) in [6.07, 6.45) is 1.44. The van der Waals surface area contributed by atoms with E-state index >= 15 is 0 Å². The predicted octanol–water partition coefficient (Wildman–Crippen LogP) is 0.379. The minimum absolute atomic E-state index is 0.0596. The van der Waals surface area contributed by atoms with Crippen LogP contribution in [0.2, 0.25) is 0 Å². The Bertz CT molecular complexity index is 288. The Balaban J connectivity index is 1.96. The van der Waals surface area contributed by atoms with Crippen molar-refractivity contribution in [3.05, 3.63) is 0 Å². The van der Waals surface area contributed by atoms with Crippen LogP contribution in [0.5, 0.6) is 0 Å². The molecule has 4 heteroatoms. The molecular formula is C11H18N2O2. The number of hydrogen-bond donors (Lipinski definition) is 1. The first-order chi connectivity index (χ1) is 7.08. The summed E-state index contributed by atoms with van der Waals surface area (Å²) in [6.45, 7) is 6.36. The lowest BCUT2D eigenvalue weighted by Gasteiger charge is -2.21. The zero-order chi connectivity index (χ0) is 11.0. The zero-order valence-corrected chi connectivity index (χ0v) is 9.32. The largest absolute Gasteiger partial charge is 0.301 e. The number of carbonyl (C=O) groups excluding carboxylic acids is 2. The average Bonchev–Trinajstić information content (AvgIpc) is 2.71. The van der Waals surface area contributed by atoms with Crippen molar-refractivity contribution < 1.29 is 9.59 Å². The van der Waals surface area contributed by atoms with Gasteiger partial charge in [0.25, 0.3) is 0 Å². The molecule has 2 rings (SSSR count). The van der Waals surface area contributed by atoms with Crippen LogP contribution in [0.3, 0.4) is 0 Å². The van der Waals surface area contributed by atoms with Crippen molar-refractivity contribution in [2.45, 2.75) is 32.7 Å². The molecule has 2 atom stereocenters. The van der Waals surface area contributed by atoms with E-state index in [1.807, 2.05) is 0 Å². The van der Waals surface area contributed by atoms with Crippen molar-refractivity contribution in [2.75, 3.05) is 13.1 Å².